The zero-order chi connectivity index (χ0) is 8.77. The molecule has 0 aliphatic heterocycles. The molecule has 1 aromatic heterocycles. The molecule has 66 valence electrons. The molecule has 4 heteroatoms. The first-order valence-corrected chi connectivity index (χ1v) is 4.56. The van der Waals surface area contributed by atoms with E-state index >= 15 is 0 Å². The van der Waals surface area contributed by atoms with Crippen molar-refractivity contribution < 1.29 is 0 Å². The van der Waals surface area contributed by atoms with Gasteiger partial charge in [-0.15, -0.1) is 0 Å². The van der Waals surface area contributed by atoms with Crippen LogP contribution in [0.25, 0.3) is 0 Å². The fraction of sp³-hybridized carbons (Fsp3) is 0.625. The molecule has 1 aromatic rings. The van der Waals surface area contributed by atoms with E-state index in [0.29, 0.717) is 5.02 Å². The van der Waals surface area contributed by atoms with Crippen LogP contribution in [0.3, 0.4) is 0 Å². The second kappa shape index (κ2) is 2.47. The molecule has 0 atom stereocenters. The van der Waals surface area contributed by atoms with Gasteiger partial charge in [-0.25, -0.2) is 0 Å². The lowest BCUT2D eigenvalue weighted by Crippen LogP contribution is -2.23. The van der Waals surface area contributed by atoms with Crippen LogP contribution in [-0.4, -0.2) is 9.78 Å². The second-order valence-corrected chi connectivity index (χ2v) is 3.72. The van der Waals surface area contributed by atoms with Gasteiger partial charge in [-0.3, -0.25) is 4.68 Å². The largest absolute Gasteiger partial charge is 0.320 e. The zero-order valence-corrected chi connectivity index (χ0v) is 7.80. The summed E-state index contributed by atoms with van der Waals surface area (Å²) >= 11 is 5.99. The van der Waals surface area contributed by atoms with E-state index < -0.39 is 0 Å². The first-order chi connectivity index (χ1) is 5.67. The maximum atomic E-state index is 6.04. The van der Waals surface area contributed by atoms with E-state index in [1.807, 2.05) is 11.6 Å². The van der Waals surface area contributed by atoms with Gasteiger partial charge in [0.05, 0.1) is 22.5 Å². The topological polar surface area (TPSA) is 43.8 Å². The Kier molecular flexibility index (Phi) is 1.66. The van der Waals surface area contributed by atoms with Crippen LogP contribution in [0.1, 0.15) is 25.5 Å². The van der Waals surface area contributed by atoms with Crippen molar-refractivity contribution in [2.24, 2.45) is 5.73 Å². The first-order valence-electron chi connectivity index (χ1n) is 4.18. The molecule has 0 radical (unpaired) electrons. The van der Waals surface area contributed by atoms with Crippen molar-refractivity contribution in [1.82, 2.24) is 9.78 Å². The number of hydrogen-bond acceptors (Lipinski definition) is 2. The van der Waals surface area contributed by atoms with Crippen LogP contribution in [0.15, 0.2) is 6.20 Å². The minimum Gasteiger partial charge on any atom is -0.320 e. The van der Waals surface area contributed by atoms with Gasteiger partial charge in [0.15, 0.2) is 0 Å². The molecule has 1 aliphatic carbocycles. The molecule has 2 N–H and O–H groups in total. The quantitative estimate of drug-likeness (QED) is 0.759. The van der Waals surface area contributed by atoms with Gasteiger partial charge in [0.2, 0.25) is 0 Å². The smallest absolute Gasteiger partial charge is 0.0837 e. The Morgan fingerprint density at radius 1 is 1.75 bits per heavy atom. The van der Waals surface area contributed by atoms with Crippen LogP contribution in [0.4, 0.5) is 0 Å². The third-order valence-electron chi connectivity index (χ3n) is 2.35. The first kappa shape index (κ1) is 8.08. The number of nitrogens with two attached hydrogens (primary N) is 1. The summed E-state index contributed by atoms with van der Waals surface area (Å²) in [6, 6.07) is 0. The number of hydrogen-bond donors (Lipinski definition) is 1. The summed E-state index contributed by atoms with van der Waals surface area (Å²) in [6.07, 6.45) is 3.73. The fourth-order valence-electron chi connectivity index (χ4n) is 1.47. The Morgan fingerprint density at radius 3 is 2.92 bits per heavy atom. The number of nitrogens with zero attached hydrogens (tertiary/aromatic N) is 2. The molecule has 1 heterocycles. The van der Waals surface area contributed by atoms with Gasteiger partial charge >= 0.3 is 0 Å². The van der Waals surface area contributed by atoms with Gasteiger partial charge in [0.25, 0.3) is 0 Å². The predicted molar refractivity (Wildman–Crippen MR) is 48.0 cm³/mol. The van der Waals surface area contributed by atoms with Crippen LogP contribution in [-0.2, 0) is 12.1 Å². The van der Waals surface area contributed by atoms with E-state index in [1.54, 1.807) is 6.20 Å². The van der Waals surface area contributed by atoms with Crippen molar-refractivity contribution >= 4 is 11.6 Å². The van der Waals surface area contributed by atoms with Crippen LogP contribution >= 0.6 is 11.6 Å². The summed E-state index contributed by atoms with van der Waals surface area (Å²) in [5.74, 6) is 0. The van der Waals surface area contributed by atoms with E-state index in [-0.39, 0.29) is 5.54 Å². The van der Waals surface area contributed by atoms with Gasteiger partial charge < -0.3 is 5.73 Å². The van der Waals surface area contributed by atoms with Crippen LogP contribution < -0.4 is 5.73 Å². The van der Waals surface area contributed by atoms with Crippen molar-refractivity contribution in [3.05, 3.63) is 16.9 Å². The molecule has 0 amide bonds. The van der Waals surface area contributed by atoms with E-state index in [1.165, 1.54) is 0 Å². The maximum Gasteiger partial charge on any atom is 0.0837 e. The van der Waals surface area contributed by atoms with E-state index in [0.717, 1.165) is 25.1 Å². The zero-order valence-electron chi connectivity index (χ0n) is 7.05. The maximum absolute atomic E-state index is 6.04. The molecule has 0 aromatic carbocycles. The monoisotopic (exact) mass is 185 g/mol. The minimum atomic E-state index is -0.177. The predicted octanol–water partition coefficient (Wildman–Crippen LogP) is 1.50. The SMILES string of the molecule is CCn1ncc(Cl)c1C1(N)CC1. The van der Waals surface area contributed by atoms with E-state index in [9.17, 15) is 0 Å². The van der Waals surface area contributed by atoms with Crippen molar-refractivity contribution in [2.45, 2.75) is 31.8 Å². The molecule has 0 saturated heterocycles. The second-order valence-electron chi connectivity index (χ2n) is 3.31. The molecular formula is C8H12ClN3. The van der Waals surface area contributed by atoms with Crippen molar-refractivity contribution in [1.29, 1.82) is 0 Å². The highest BCUT2D eigenvalue weighted by Crippen LogP contribution is 2.45. The average molecular weight is 186 g/mol. The summed E-state index contributed by atoms with van der Waals surface area (Å²) in [7, 11) is 0. The van der Waals surface area contributed by atoms with E-state index in [4.69, 9.17) is 17.3 Å². The highest BCUT2D eigenvalue weighted by Gasteiger charge is 2.44. The number of halogens is 1. The Hall–Kier alpha value is -0.540. The molecular weight excluding hydrogens is 174 g/mol. The van der Waals surface area contributed by atoms with Gasteiger partial charge in [0, 0.05) is 6.54 Å². The lowest BCUT2D eigenvalue weighted by Gasteiger charge is -2.11. The highest BCUT2D eigenvalue weighted by atomic mass is 35.5. The molecule has 0 unspecified atom stereocenters. The Morgan fingerprint density at radius 2 is 2.42 bits per heavy atom. The molecule has 0 bridgehead atoms. The van der Waals surface area contributed by atoms with Crippen LogP contribution in [0.2, 0.25) is 5.02 Å². The molecule has 3 nitrogen and oxygen atoms in total. The third kappa shape index (κ3) is 1.04. The molecule has 1 aliphatic rings. The summed E-state index contributed by atoms with van der Waals surface area (Å²) < 4.78 is 1.88. The van der Waals surface area contributed by atoms with Gasteiger partial charge in [0.1, 0.15) is 0 Å². The molecule has 0 spiro atoms. The highest BCUT2D eigenvalue weighted by molar-refractivity contribution is 6.31. The van der Waals surface area contributed by atoms with Crippen molar-refractivity contribution in [3.63, 3.8) is 0 Å². The normalized spacial score (nSPS) is 19.6. The fourth-order valence-corrected chi connectivity index (χ4v) is 1.80. The lowest BCUT2D eigenvalue weighted by atomic mass is 10.2. The molecule has 1 fully saturated rings. The lowest BCUT2D eigenvalue weighted by molar-refractivity contribution is 0.564. The summed E-state index contributed by atoms with van der Waals surface area (Å²) in [5.41, 5.74) is 6.87. The average Bonchev–Trinajstić information content (AvgIpc) is 2.64. The molecule has 12 heavy (non-hydrogen) atoms. The standard InChI is InChI=1S/C8H12ClN3/c1-2-12-7(6(9)5-11-12)8(10)3-4-8/h5H,2-4,10H2,1H3. The van der Waals surface area contributed by atoms with Gasteiger partial charge in [-0.2, -0.15) is 5.10 Å². The number of aryl methyl sites for hydroxylation is 1. The summed E-state index contributed by atoms with van der Waals surface area (Å²) in [4.78, 5) is 0. The summed E-state index contributed by atoms with van der Waals surface area (Å²) in [6.45, 7) is 2.87. The molecule has 1 saturated carbocycles. The number of aromatic nitrogens is 2. The minimum absolute atomic E-state index is 0.177. The van der Waals surface area contributed by atoms with Crippen molar-refractivity contribution in [3.8, 4) is 0 Å². The van der Waals surface area contributed by atoms with Crippen LogP contribution in [0, 0.1) is 0 Å². The summed E-state index contributed by atoms with van der Waals surface area (Å²) in [5, 5.41) is 4.85. The number of rotatable bonds is 2. The van der Waals surface area contributed by atoms with Crippen molar-refractivity contribution in [2.75, 3.05) is 0 Å². The van der Waals surface area contributed by atoms with Gasteiger partial charge in [-0.1, -0.05) is 11.6 Å². The Balaban J connectivity index is 2.46. The Labute approximate surface area is 76.5 Å². The van der Waals surface area contributed by atoms with Gasteiger partial charge in [-0.05, 0) is 19.8 Å². The van der Waals surface area contributed by atoms with Crippen LogP contribution in [0.5, 0.6) is 0 Å². The molecule has 2 rings (SSSR count). The Bertz CT molecular complexity index is 301. The third-order valence-corrected chi connectivity index (χ3v) is 2.63. The van der Waals surface area contributed by atoms with E-state index in [2.05, 4.69) is 5.10 Å².